The standard InChI is InChI=1S/C11H23NO3/c1-7(9(13)14)8(2)12-10(3,4)11(5,6)15/h7-8,12,15H,1-6H3,(H,13,14). The second kappa shape index (κ2) is 4.49. The van der Waals surface area contributed by atoms with E-state index in [-0.39, 0.29) is 6.04 Å². The lowest BCUT2D eigenvalue weighted by molar-refractivity contribution is -0.142. The van der Waals surface area contributed by atoms with Gasteiger partial charge in [0.1, 0.15) is 0 Å². The third kappa shape index (κ3) is 3.80. The molecular weight excluding hydrogens is 194 g/mol. The highest BCUT2D eigenvalue weighted by Gasteiger charge is 2.37. The summed E-state index contributed by atoms with van der Waals surface area (Å²) in [5, 5.41) is 21.9. The number of carboxylic acids is 1. The van der Waals surface area contributed by atoms with Gasteiger partial charge in [0.2, 0.25) is 0 Å². The number of carboxylic acid groups (broad SMARTS) is 1. The normalized spacial score (nSPS) is 17.3. The molecule has 0 aliphatic heterocycles. The molecule has 0 spiro atoms. The smallest absolute Gasteiger partial charge is 0.307 e. The van der Waals surface area contributed by atoms with Crippen LogP contribution in [0.2, 0.25) is 0 Å². The molecule has 90 valence electrons. The highest BCUT2D eigenvalue weighted by Crippen LogP contribution is 2.22. The molecule has 0 rings (SSSR count). The molecule has 0 aliphatic rings. The fraction of sp³-hybridized carbons (Fsp3) is 0.909. The van der Waals surface area contributed by atoms with Gasteiger partial charge in [-0.15, -0.1) is 0 Å². The van der Waals surface area contributed by atoms with Gasteiger partial charge in [0.25, 0.3) is 0 Å². The zero-order valence-corrected chi connectivity index (χ0v) is 10.5. The van der Waals surface area contributed by atoms with E-state index in [9.17, 15) is 9.90 Å². The fourth-order valence-electron chi connectivity index (χ4n) is 1.08. The molecule has 0 bridgehead atoms. The highest BCUT2D eigenvalue weighted by atomic mass is 16.4. The topological polar surface area (TPSA) is 69.6 Å². The maximum atomic E-state index is 10.8. The van der Waals surface area contributed by atoms with E-state index >= 15 is 0 Å². The summed E-state index contributed by atoms with van der Waals surface area (Å²) in [5.74, 6) is -1.31. The van der Waals surface area contributed by atoms with Gasteiger partial charge in [-0.3, -0.25) is 4.79 Å². The number of aliphatic hydroxyl groups is 1. The molecule has 0 amide bonds. The van der Waals surface area contributed by atoms with Crippen molar-refractivity contribution in [3.05, 3.63) is 0 Å². The summed E-state index contributed by atoms with van der Waals surface area (Å²) >= 11 is 0. The largest absolute Gasteiger partial charge is 0.481 e. The van der Waals surface area contributed by atoms with Gasteiger partial charge in [-0.05, 0) is 34.6 Å². The van der Waals surface area contributed by atoms with Crippen molar-refractivity contribution >= 4 is 5.97 Å². The first kappa shape index (κ1) is 14.4. The molecule has 0 saturated heterocycles. The molecule has 4 heteroatoms. The van der Waals surface area contributed by atoms with E-state index in [0.717, 1.165) is 0 Å². The molecule has 3 N–H and O–H groups in total. The van der Waals surface area contributed by atoms with Crippen molar-refractivity contribution in [1.29, 1.82) is 0 Å². The molecule has 2 unspecified atom stereocenters. The zero-order chi connectivity index (χ0) is 12.4. The molecule has 0 aromatic heterocycles. The van der Waals surface area contributed by atoms with Gasteiger partial charge < -0.3 is 15.5 Å². The first-order valence-electron chi connectivity index (χ1n) is 5.22. The summed E-state index contributed by atoms with van der Waals surface area (Å²) in [6.07, 6.45) is 0. The van der Waals surface area contributed by atoms with Gasteiger partial charge in [0, 0.05) is 11.6 Å². The maximum absolute atomic E-state index is 10.8. The van der Waals surface area contributed by atoms with Crippen LogP contribution >= 0.6 is 0 Å². The van der Waals surface area contributed by atoms with Crippen LogP contribution in [0, 0.1) is 5.92 Å². The quantitative estimate of drug-likeness (QED) is 0.648. The average Bonchev–Trinajstić information content (AvgIpc) is 1.99. The molecule has 0 aliphatic carbocycles. The summed E-state index contributed by atoms with van der Waals surface area (Å²) in [4.78, 5) is 10.8. The van der Waals surface area contributed by atoms with E-state index in [1.165, 1.54) is 0 Å². The second-order valence-electron chi connectivity index (χ2n) is 5.24. The Hall–Kier alpha value is -0.610. The van der Waals surface area contributed by atoms with Crippen LogP contribution in [0.25, 0.3) is 0 Å². The van der Waals surface area contributed by atoms with E-state index in [4.69, 9.17) is 5.11 Å². The van der Waals surface area contributed by atoms with Crippen molar-refractivity contribution in [2.75, 3.05) is 0 Å². The molecule has 0 radical (unpaired) electrons. The molecule has 0 saturated carbocycles. The predicted molar refractivity (Wildman–Crippen MR) is 59.8 cm³/mol. The molecule has 2 atom stereocenters. The van der Waals surface area contributed by atoms with Gasteiger partial charge >= 0.3 is 5.97 Å². The van der Waals surface area contributed by atoms with Gasteiger partial charge in [0.05, 0.1) is 11.5 Å². The Morgan fingerprint density at radius 2 is 1.60 bits per heavy atom. The van der Waals surface area contributed by atoms with E-state index in [1.807, 2.05) is 20.8 Å². The van der Waals surface area contributed by atoms with Crippen LogP contribution in [-0.2, 0) is 4.79 Å². The van der Waals surface area contributed by atoms with E-state index in [0.29, 0.717) is 0 Å². The molecule has 0 aromatic rings. The van der Waals surface area contributed by atoms with Crippen LogP contribution in [0.3, 0.4) is 0 Å². The van der Waals surface area contributed by atoms with Crippen molar-refractivity contribution in [2.24, 2.45) is 5.92 Å². The van der Waals surface area contributed by atoms with Crippen LogP contribution in [0.1, 0.15) is 41.5 Å². The van der Waals surface area contributed by atoms with E-state index < -0.39 is 23.0 Å². The van der Waals surface area contributed by atoms with Crippen molar-refractivity contribution in [1.82, 2.24) is 5.32 Å². The third-order valence-electron chi connectivity index (χ3n) is 3.26. The second-order valence-corrected chi connectivity index (χ2v) is 5.24. The van der Waals surface area contributed by atoms with Crippen molar-refractivity contribution < 1.29 is 15.0 Å². The maximum Gasteiger partial charge on any atom is 0.307 e. The van der Waals surface area contributed by atoms with Crippen LogP contribution < -0.4 is 5.32 Å². The summed E-state index contributed by atoms with van der Waals surface area (Å²) in [7, 11) is 0. The van der Waals surface area contributed by atoms with Crippen molar-refractivity contribution in [2.45, 2.75) is 58.7 Å². The lowest BCUT2D eigenvalue weighted by Crippen LogP contribution is -2.60. The zero-order valence-electron chi connectivity index (χ0n) is 10.5. The minimum Gasteiger partial charge on any atom is -0.481 e. The molecular formula is C11H23NO3. The Labute approximate surface area is 91.7 Å². The van der Waals surface area contributed by atoms with Crippen molar-refractivity contribution in [3.8, 4) is 0 Å². The predicted octanol–water partition coefficient (Wildman–Crippen LogP) is 1.23. The first-order valence-corrected chi connectivity index (χ1v) is 5.22. The molecule has 4 nitrogen and oxygen atoms in total. The average molecular weight is 217 g/mol. The SMILES string of the molecule is CC(NC(C)(C)C(C)(C)O)C(C)C(=O)O. The number of carbonyl (C=O) groups is 1. The minimum absolute atomic E-state index is 0.191. The third-order valence-corrected chi connectivity index (χ3v) is 3.26. The first-order chi connectivity index (χ1) is 6.49. The minimum atomic E-state index is -0.903. The van der Waals surface area contributed by atoms with Crippen LogP contribution in [-0.4, -0.2) is 33.4 Å². The number of nitrogens with one attached hydrogen (secondary N) is 1. The molecule has 0 heterocycles. The van der Waals surface area contributed by atoms with Gasteiger partial charge in [0.15, 0.2) is 0 Å². The summed E-state index contributed by atoms with van der Waals surface area (Å²) in [6, 6.07) is -0.191. The molecule has 0 aromatic carbocycles. The van der Waals surface area contributed by atoms with Crippen LogP contribution in [0.4, 0.5) is 0 Å². The molecule has 0 fully saturated rings. The number of rotatable bonds is 5. The van der Waals surface area contributed by atoms with E-state index in [1.54, 1.807) is 20.8 Å². The Balaban J connectivity index is 4.54. The van der Waals surface area contributed by atoms with Gasteiger partial charge in [-0.1, -0.05) is 6.92 Å². The summed E-state index contributed by atoms with van der Waals surface area (Å²) < 4.78 is 0. The summed E-state index contributed by atoms with van der Waals surface area (Å²) in [5.41, 5.74) is -1.43. The van der Waals surface area contributed by atoms with E-state index in [2.05, 4.69) is 5.32 Å². The van der Waals surface area contributed by atoms with Crippen LogP contribution in [0.15, 0.2) is 0 Å². The Kier molecular flexibility index (Phi) is 4.31. The summed E-state index contributed by atoms with van der Waals surface area (Å²) in [6.45, 7) is 10.6. The lowest BCUT2D eigenvalue weighted by atomic mass is 9.84. The van der Waals surface area contributed by atoms with Crippen molar-refractivity contribution in [3.63, 3.8) is 0 Å². The number of aliphatic carboxylic acids is 1. The fourth-order valence-corrected chi connectivity index (χ4v) is 1.08. The highest BCUT2D eigenvalue weighted by molar-refractivity contribution is 5.70. The Morgan fingerprint density at radius 1 is 1.20 bits per heavy atom. The van der Waals surface area contributed by atoms with Gasteiger partial charge in [-0.25, -0.2) is 0 Å². The number of hydrogen-bond donors (Lipinski definition) is 3. The monoisotopic (exact) mass is 217 g/mol. The Bertz CT molecular complexity index is 230. The Morgan fingerprint density at radius 3 is 1.87 bits per heavy atom. The van der Waals surface area contributed by atoms with Crippen LogP contribution in [0.5, 0.6) is 0 Å². The van der Waals surface area contributed by atoms with Gasteiger partial charge in [-0.2, -0.15) is 0 Å². The lowest BCUT2D eigenvalue weighted by Gasteiger charge is -2.41. The number of hydrogen-bond acceptors (Lipinski definition) is 3. The molecule has 15 heavy (non-hydrogen) atoms.